The lowest BCUT2D eigenvalue weighted by Crippen LogP contribution is -2.48. The van der Waals surface area contributed by atoms with Gasteiger partial charge in [0, 0.05) is 58.4 Å². The molecule has 5 N–H and O–H groups in total. The molecule has 0 atom stereocenters. The van der Waals surface area contributed by atoms with Crippen molar-refractivity contribution >= 4 is 29.1 Å². The van der Waals surface area contributed by atoms with Crippen LogP contribution in [0.15, 0.2) is 47.1 Å². The van der Waals surface area contributed by atoms with Crippen LogP contribution in [0.2, 0.25) is 0 Å². The number of furan rings is 1. The molecule has 212 valence electrons. The molecular formula is C26H33FN10O3. The average Bonchev–Trinajstić information content (AvgIpc) is 3.65. The zero-order chi connectivity index (χ0) is 28.1. The minimum absolute atomic E-state index is 0.0756. The van der Waals surface area contributed by atoms with Crippen molar-refractivity contribution in [1.82, 2.24) is 29.8 Å². The van der Waals surface area contributed by atoms with Crippen LogP contribution in [0.1, 0.15) is 0 Å². The van der Waals surface area contributed by atoms with E-state index in [0.29, 0.717) is 60.7 Å². The molecule has 0 spiro atoms. The maximum atomic E-state index is 14.8. The van der Waals surface area contributed by atoms with Gasteiger partial charge in [-0.25, -0.2) is 4.39 Å². The minimum atomic E-state index is -0.336. The van der Waals surface area contributed by atoms with E-state index in [2.05, 4.69) is 25.3 Å². The van der Waals surface area contributed by atoms with E-state index < -0.39 is 0 Å². The number of benzene rings is 1. The predicted molar refractivity (Wildman–Crippen MR) is 149 cm³/mol. The second-order valence-electron chi connectivity index (χ2n) is 9.42. The van der Waals surface area contributed by atoms with Gasteiger partial charge < -0.3 is 35.7 Å². The molecule has 1 saturated heterocycles. The Morgan fingerprint density at radius 2 is 2.02 bits per heavy atom. The van der Waals surface area contributed by atoms with Crippen molar-refractivity contribution in [2.45, 2.75) is 0 Å². The standard InChI is InChI=1S/C26H33FN10O3/c1-34(26-31-23-16-20(22-3-2-13-40-22)33-37(23)25(29)32-26)7-8-35-9-11-36(12-10-35)21-5-4-18(15-19(21)27)39-14-6-30-24(38)17-28/h2-5,13,15-16H,6-12,14,17,28H2,1H3,(H,30,38)(H2,29,31,32). The van der Waals surface area contributed by atoms with E-state index in [1.165, 1.54) is 10.6 Å². The molecule has 14 heteroatoms. The summed E-state index contributed by atoms with van der Waals surface area (Å²) in [6.45, 7) is 4.95. The molecule has 1 aliphatic heterocycles. The molecule has 1 aromatic carbocycles. The summed E-state index contributed by atoms with van der Waals surface area (Å²) in [6, 6.07) is 10.3. The Balaban J connectivity index is 1.10. The first-order valence-corrected chi connectivity index (χ1v) is 13.1. The molecular weight excluding hydrogens is 519 g/mol. The Morgan fingerprint density at radius 3 is 2.75 bits per heavy atom. The molecule has 0 saturated carbocycles. The highest BCUT2D eigenvalue weighted by Crippen LogP contribution is 2.25. The van der Waals surface area contributed by atoms with E-state index in [4.69, 9.17) is 20.6 Å². The van der Waals surface area contributed by atoms with Crippen LogP contribution in [0.5, 0.6) is 5.75 Å². The Hall–Kier alpha value is -4.43. The number of piperazine rings is 1. The number of halogens is 1. The van der Waals surface area contributed by atoms with Crippen LogP contribution in [-0.4, -0.2) is 96.4 Å². The summed E-state index contributed by atoms with van der Waals surface area (Å²) in [7, 11) is 1.93. The van der Waals surface area contributed by atoms with Gasteiger partial charge in [0.25, 0.3) is 0 Å². The number of rotatable bonds is 11. The highest BCUT2D eigenvalue weighted by molar-refractivity contribution is 5.77. The topological polar surface area (TPSA) is 156 Å². The monoisotopic (exact) mass is 552 g/mol. The zero-order valence-electron chi connectivity index (χ0n) is 22.3. The fourth-order valence-corrected chi connectivity index (χ4v) is 4.48. The number of hydrogen-bond acceptors (Lipinski definition) is 11. The molecule has 3 aromatic heterocycles. The molecule has 0 bridgehead atoms. The Kier molecular flexibility index (Phi) is 8.26. The second-order valence-corrected chi connectivity index (χ2v) is 9.42. The van der Waals surface area contributed by atoms with Crippen LogP contribution < -0.4 is 31.3 Å². The third-order valence-electron chi connectivity index (χ3n) is 6.71. The van der Waals surface area contributed by atoms with Gasteiger partial charge in [0.2, 0.25) is 17.8 Å². The maximum absolute atomic E-state index is 14.8. The highest BCUT2D eigenvalue weighted by atomic mass is 19.1. The summed E-state index contributed by atoms with van der Waals surface area (Å²) in [5.41, 5.74) is 13.2. The van der Waals surface area contributed by atoms with Crippen LogP contribution in [0.3, 0.4) is 0 Å². The Labute approximate surface area is 230 Å². The number of aromatic nitrogens is 4. The lowest BCUT2D eigenvalue weighted by atomic mass is 10.2. The summed E-state index contributed by atoms with van der Waals surface area (Å²) in [5, 5.41) is 7.04. The number of nitrogens with zero attached hydrogens (tertiary/aromatic N) is 7. The predicted octanol–water partition coefficient (Wildman–Crippen LogP) is 0.818. The normalized spacial score (nSPS) is 14.0. The van der Waals surface area contributed by atoms with E-state index in [9.17, 15) is 9.18 Å². The fraction of sp³-hybridized carbons (Fsp3) is 0.385. The van der Waals surface area contributed by atoms with Gasteiger partial charge in [-0.2, -0.15) is 19.6 Å². The molecule has 4 heterocycles. The van der Waals surface area contributed by atoms with Crippen LogP contribution in [-0.2, 0) is 4.79 Å². The van der Waals surface area contributed by atoms with E-state index in [0.717, 1.165) is 19.6 Å². The van der Waals surface area contributed by atoms with Gasteiger partial charge in [-0.1, -0.05) is 0 Å². The lowest BCUT2D eigenvalue weighted by Gasteiger charge is -2.36. The van der Waals surface area contributed by atoms with Crippen LogP contribution in [0.25, 0.3) is 17.1 Å². The number of fused-ring (bicyclic) bond motifs is 1. The van der Waals surface area contributed by atoms with Crippen molar-refractivity contribution in [3.63, 3.8) is 0 Å². The minimum Gasteiger partial charge on any atom is -0.492 e. The van der Waals surface area contributed by atoms with Gasteiger partial charge in [0.1, 0.15) is 23.9 Å². The van der Waals surface area contributed by atoms with E-state index in [1.807, 2.05) is 29.0 Å². The number of hydrogen-bond donors (Lipinski definition) is 3. The number of anilines is 3. The molecule has 0 unspecified atom stereocenters. The number of carbonyl (C=O) groups excluding carboxylic acids is 1. The third kappa shape index (κ3) is 6.24. The average molecular weight is 553 g/mol. The van der Waals surface area contributed by atoms with Crippen LogP contribution in [0.4, 0.5) is 22.0 Å². The zero-order valence-corrected chi connectivity index (χ0v) is 22.3. The Bertz CT molecular complexity index is 1440. The summed E-state index contributed by atoms with van der Waals surface area (Å²) in [4.78, 5) is 26.5. The molecule has 0 radical (unpaired) electrons. The maximum Gasteiger partial charge on any atom is 0.233 e. The van der Waals surface area contributed by atoms with Crippen LogP contribution >= 0.6 is 0 Å². The largest absolute Gasteiger partial charge is 0.492 e. The third-order valence-corrected chi connectivity index (χ3v) is 6.71. The molecule has 1 fully saturated rings. The summed E-state index contributed by atoms with van der Waals surface area (Å²) in [6.07, 6.45) is 1.59. The molecule has 1 aliphatic rings. The number of likely N-dealkylation sites (N-methyl/N-ethyl adjacent to an activating group) is 1. The summed E-state index contributed by atoms with van der Waals surface area (Å²) in [5.74, 6) is 1.21. The number of ether oxygens (including phenoxy) is 1. The van der Waals surface area contributed by atoms with Crippen molar-refractivity contribution in [3.05, 3.63) is 48.5 Å². The van der Waals surface area contributed by atoms with Gasteiger partial charge in [0.15, 0.2) is 11.4 Å². The number of nitrogens with two attached hydrogens (primary N) is 2. The van der Waals surface area contributed by atoms with Crippen molar-refractivity contribution in [3.8, 4) is 17.2 Å². The number of nitrogens with one attached hydrogen (secondary N) is 1. The molecule has 4 aromatic rings. The summed E-state index contributed by atoms with van der Waals surface area (Å²) >= 11 is 0. The van der Waals surface area contributed by atoms with Gasteiger partial charge >= 0.3 is 0 Å². The SMILES string of the molecule is CN(CCN1CCN(c2ccc(OCCNC(=O)CN)cc2F)CC1)c1nc(N)n2nc(-c3ccco3)cc2n1. The quantitative estimate of drug-likeness (QED) is 0.226. The molecule has 13 nitrogen and oxygen atoms in total. The first-order valence-electron chi connectivity index (χ1n) is 13.1. The van der Waals surface area contributed by atoms with Crippen molar-refractivity contribution in [1.29, 1.82) is 0 Å². The van der Waals surface area contributed by atoms with Crippen LogP contribution in [0, 0.1) is 5.82 Å². The number of carbonyl (C=O) groups is 1. The van der Waals surface area contributed by atoms with Gasteiger partial charge in [-0.05, 0) is 24.3 Å². The van der Waals surface area contributed by atoms with E-state index in [1.54, 1.807) is 24.5 Å². The van der Waals surface area contributed by atoms with Gasteiger partial charge in [-0.3, -0.25) is 9.69 Å². The Morgan fingerprint density at radius 1 is 1.20 bits per heavy atom. The number of amides is 1. The number of nitrogen functional groups attached to an aromatic ring is 1. The molecule has 5 rings (SSSR count). The highest BCUT2D eigenvalue weighted by Gasteiger charge is 2.21. The van der Waals surface area contributed by atoms with E-state index in [-0.39, 0.29) is 30.8 Å². The van der Waals surface area contributed by atoms with Crippen molar-refractivity contribution in [2.24, 2.45) is 5.73 Å². The first kappa shape index (κ1) is 27.1. The van der Waals surface area contributed by atoms with Gasteiger partial charge in [0.05, 0.1) is 25.0 Å². The fourth-order valence-electron chi connectivity index (χ4n) is 4.48. The molecule has 1 amide bonds. The smallest absolute Gasteiger partial charge is 0.233 e. The van der Waals surface area contributed by atoms with Crippen molar-refractivity contribution < 1.29 is 18.3 Å². The van der Waals surface area contributed by atoms with E-state index >= 15 is 0 Å². The lowest BCUT2D eigenvalue weighted by molar-refractivity contribution is -0.119. The first-order chi connectivity index (χ1) is 19.4. The summed E-state index contributed by atoms with van der Waals surface area (Å²) < 4.78 is 27.3. The molecule has 0 aliphatic carbocycles. The second kappa shape index (κ2) is 12.2. The molecule has 40 heavy (non-hydrogen) atoms. The van der Waals surface area contributed by atoms with Crippen molar-refractivity contribution in [2.75, 3.05) is 81.5 Å². The van der Waals surface area contributed by atoms with Gasteiger partial charge in [-0.15, -0.1) is 0 Å².